The average molecular weight is 392 g/mol. The highest BCUT2D eigenvalue weighted by Gasteiger charge is 2.49. The molecule has 1 nitrogen and oxygen atoms in total. The van der Waals surface area contributed by atoms with E-state index in [0.29, 0.717) is 29.1 Å². The smallest absolute Gasteiger partial charge is 0.159 e. The maximum Gasteiger partial charge on any atom is 0.159 e. The molecule has 0 spiro atoms. The van der Waals surface area contributed by atoms with Gasteiger partial charge in [-0.05, 0) is 47.7 Å². The Morgan fingerprint density at radius 1 is 0.786 bits per heavy atom. The molecular formula is C23H26F4N+. The standard InChI is InChI=1S/C23H26F4N/c1-28(2)17-5-6-18(28)10-14(9-17)11-19(15-3-7-20(24)22(26)12-15)16-4-8-21(25)23(27)13-16/h3-4,7-8,12-14,17-19H,5-6,9-11H2,1-2H3/q+1/t17-,18-/m0/s1. The monoisotopic (exact) mass is 392 g/mol. The highest BCUT2D eigenvalue weighted by Crippen LogP contribution is 2.46. The molecule has 0 radical (unpaired) electrons. The summed E-state index contributed by atoms with van der Waals surface area (Å²) in [5.41, 5.74) is 1.22. The van der Waals surface area contributed by atoms with Crippen LogP contribution in [0.3, 0.4) is 0 Å². The van der Waals surface area contributed by atoms with E-state index < -0.39 is 23.3 Å². The van der Waals surface area contributed by atoms with Gasteiger partial charge in [-0.15, -0.1) is 0 Å². The number of rotatable bonds is 4. The van der Waals surface area contributed by atoms with Gasteiger partial charge in [-0.1, -0.05) is 12.1 Å². The van der Waals surface area contributed by atoms with Crippen LogP contribution in [0.15, 0.2) is 36.4 Å². The molecule has 2 saturated heterocycles. The summed E-state index contributed by atoms with van der Waals surface area (Å²) in [7, 11) is 4.58. The van der Waals surface area contributed by atoms with Gasteiger partial charge in [0.15, 0.2) is 23.3 Å². The second-order valence-electron chi connectivity index (χ2n) is 8.99. The summed E-state index contributed by atoms with van der Waals surface area (Å²) in [6.07, 6.45) is 5.31. The van der Waals surface area contributed by atoms with Gasteiger partial charge in [0.25, 0.3) is 0 Å². The number of piperidine rings is 1. The first-order valence-electron chi connectivity index (χ1n) is 9.99. The van der Waals surface area contributed by atoms with Gasteiger partial charge >= 0.3 is 0 Å². The zero-order valence-electron chi connectivity index (χ0n) is 16.3. The zero-order valence-corrected chi connectivity index (χ0v) is 16.3. The minimum Gasteiger partial charge on any atom is -0.324 e. The lowest BCUT2D eigenvalue weighted by Gasteiger charge is -2.45. The predicted molar refractivity (Wildman–Crippen MR) is 101 cm³/mol. The number of hydrogen-bond donors (Lipinski definition) is 0. The van der Waals surface area contributed by atoms with Crippen molar-refractivity contribution in [1.29, 1.82) is 0 Å². The quantitative estimate of drug-likeness (QED) is 0.457. The SMILES string of the molecule is C[N+]1(C)[C@H]2CC[C@H]1CC(CC(c1ccc(F)c(F)c1)c1ccc(F)c(F)c1)C2. The van der Waals surface area contributed by atoms with Gasteiger partial charge < -0.3 is 4.48 Å². The van der Waals surface area contributed by atoms with Gasteiger partial charge in [0.1, 0.15) is 0 Å². The summed E-state index contributed by atoms with van der Waals surface area (Å²) in [6, 6.07) is 8.95. The number of quaternary nitrogens is 1. The van der Waals surface area contributed by atoms with Crippen LogP contribution in [0.2, 0.25) is 0 Å². The zero-order chi connectivity index (χ0) is 20.1. The van der Waals surface area contributed by atoms with Crippen molar-refractivity contribution in [2.45, 2.75) is 50.1 Å². The fourth-order valence-electron chi connectivity index (χ4n) is 5.44. The molecule has 2 heterocycles. The van der Waals surface area contributed by atoms with Gasteiger partial charge in [0.2, 0.25) is 0 Å². The number of hydrogen-bond acceptors (Lipinski definition) is 0. The first-order valence-corrected chi connectivity index (χ1v) is 9.99. The average Bonchev–Trinajstić information content (AvgIpc) is 2.82. The molecule has 28 heavy (non-hydrogen) atoms. The molecule has 0 amide bonds. The highest BCUT2D eigenvalue weighted by molar-refractivity contribution is 5.34. The molecule has 2 aromatic rings. The molecule has 2 aliphatic heterocycles. The number of nitrogens with zero attached hydrogens (tertiary/aromatic N) is 1. The summed E-state index contributed by atoms with van der Waals surface area (Å²) in [6.45, 7) is 0. The molecule has 2 fully saturated rings. The molecule has 2 bridgehead atoms. The Hall–Kier alpha value is -1.88. The van der Waals surface area contributed by atoms with E-state index in [4.69, 9.17) is 0 Å². The van der Waals surface area contributed by atoms with Crippen LogP contribution < -0.4 is 0 Å². The summed E-state index contributed by atoms with van der Waals surface area (Å²) in [5, 5.41) is 0. The van der Waals surface area contributed by atoms with Crippen molar-refractivity contribution in [3.8, 4) is 0 Å². The lowest BCUT2D eigenvalue weighted by molar-refractivity contribution is -0.931. The molecule has 0 aliphatic carbocycles. The van der Waals surface area contributed by atoms with E-state index in [1.54, 1.807) is 12.1 Å². The molecule has 4 rings (SSSR count). The Bertz CT molecular complexity index is 811. The molecule has 0 saturated carbocycles. The Labute approximate surface area is 163 Å². The Kier molecular flexibility index (Phi) is 4.98. The van der Waals surface area contributed by atoms with Crippen LogP contribution in [0.1, 0.15) is 49.1 Å². The second-order valence-corrected chi connectivity index (χ2v) is 8.99. The van der Waals surface area contributed by atoms with E-state index in [0.717, 1.165) is 35.9 Å². The number of fused-ring (bicyclic) bond motifs is 2. The van der Waals surface area contributed by atoms with Crippen LogP contribution in [0, 0.1) is 29.2 Å². The van der Waals surface area contributed by atoms with E-state index in [9.17, 15) is 17.6 Å². The van der Waals surface area contributed by atoms with E-state index >= 15 is 0 Å². The summed E-state index contributed by atoms with van der Waals surface area (Å²) >= 11 is 0. The fourth-order valence-corrected chi connectivity index (χ4v) is 5.44. The highest BCUT2D eigenvalue weighted by atomic mass is 19.2. The maximum absolute atomic E-state index is 13.9. The van der Waals surface area contributed by atoms with Crippen molar-refractivity contribution >= 4 is 0 Å². The van der Waals surface area contributed by atoms with E-state index in [-0.39, 0.29) is 5.92 Å². The summed E-state index contributed by atoms with van der Waals surface area (Å²) in [4.78, 5) is 0. The van der Waals surface area contributed by atoms with Crippen LogP contribution >= 0.6 is 0 Å². The minimum absolute atomic E-state index is 0.289. The van der Waals surface area contributed by atoms with Crippen LogP contribution in [0.25, 0.3) is 0 Å². The van der Waals surface area contributed by atoms with Gasteiger partial charge in [-0.2, -0.15) is 0 Å². The van der Waals surface area contributed by atoms with Crippen molar-refractivity contribution in [3.63, 3.8) is 0 Å². The molecule has 0 N–H and O–H groups in total. The normalized spacial score (nSPS) is 26.0. The molecule has 2 atom stereocenters. The third-order valence-corrected chi connectivity index (χ3v) is 7.19. The lowest BCUT2D eigenvalue weighted by Crippen LogP contribution is -2.54. The Morgan fingerprint density at radius 3 is 1.68 bits per heavy atom. The van der Waals surface area contributed by atoms with Crippen LogP contribution in [0.4, 0.5) is 17.6 Å². The number of benzene rings is 2. The van der Waals surface area contributed by atoms with Crippen LogP contribution in [-0.4, -0.2) is 30.7 Å². The maximum atomic E-state index is 13.9. The summed E-state index contributed by atoms with van der Waals surface area (Å²) in [5.74, 6) is -3.48. The molecule has 150 valence electrons. The van der Waals surface area contributed by atoms with E-state index in [1.807, 2.05) is 0 Å². The first-order chi connectivity index (χ1) is 13.3. The predicted octanol–water partition coefficient (Wildman–Crippen LogP) is 5.78. The van der Waals surface area contributed by atoms with Crippen molar-refractivity contribution in [2.24, 2.45) is 5.92 Å². The van der Waals surface area contributed by atoms with E-state index in [2.05, 4.69) is 14.1 Å². The largest absolute Gasteiger partial charge is 0.324 e. The third-order valence-electron chi connectivity index (χ3n) is 7.19. The number of halogens is 4. The van der Waals surface area contributed by atoms with Crippen molar-refractivity contribution in [1.82, 2.24) is 0 Å². The second kappa shape index (κ2) is 7.18. The van der Waals surface area contributed by atoms with Crippen molar-refractivity contribution in [3.05, 3.63) is 70.8 Å². The van der Waals surface area contributed by atoms with E-state index in [1.165, 1.54) is 25.0 Å². The lowest BCUT2D eigenvalue weighted by atomic mass is 9.78. The topological polar surface area (TPSA) is 0 Å². The van der Waals surface area contributed by atoms with Crippen molar-refractivity contribution in [2.75, 3.05) is 14.1 Å². The van der Waals surface area contributed by atoms with Gasteiger partial charge in [-0.25, -0.2) is 17.6 Å². The van der Waals surface area contributed by atoms with Crippen LogP contribution in [-0.2, 0) is 0 Å². The molecule has 5 heteroatoms. The van der Waals surface area contributed by atoms with Gasteiger partial charge in [0, 0.05) is 31.6 Å². The molecule has 0 aromatic heterocycles. The first kappa shape index (κ1) is 19.4. The fraction of sp³-hybridized carbons (Fsp3) is 0.478. The van der Waals surface area contributed by atoms with Crippen molar-refractivity contribution < 1.29 is 22.0 Å². The molecular weight excluding hydrogens is 366 g/mol. The minimum atomic E-state index is -0.911. The Balaban J connectivity index is 1.65. The Morgan fingerprint density at radius 2 is 1.25 bits per heavy atom. The molecule has 2 aromatic carbocycles. The van der Waals surface area contributed by atoms with Gasteiger partial charge in [0.05, 0.1) is 26.2 Å². The molecule has 0 unspecified atom stereocenters. The summed E-state index contributed by atoms with van der Waals surface area (Å²) < 4.78 is 55.8. The molecule has 2 aliphatic rings. The van der Waals surface area contributed by atoms with Gasteiger partial charge in [-0.3, -0.25) is 0 Å². The third kappa shape index (κ3) is 3.45. The van der Waals surface area contributed by atoms with Crippen LogP contribution in [0.5, 0.6) is 0 Å².